The lowest BCUT2D eigenvalue weighted by molar-refractivity contribution is 0.196. The lowest BCUT2D eigenvalue weighted by Gasteiger charge is -2.13. The first-order chi connectivity index (χ1) is 13.9. The number of rotatable bonds is 9. The molecule has 8 heteroatoms. The number of benzene rings is 1. The van der Waals surface area contributed by atoms with Crippen LogP contribution in [0, 0.1) is 0 Å². The van der Waals surface area contributed by atoms with E-state index >= 15 is 0 Å². The molecule has 2 aromatic rings. The van der Waals surface area contributed by atoms with Gasteiger partial charge in [0.1, 0.15) is 12.4 Å². The van der Waals surface area contributed by atoms with Crippen LogP contribution in [0.3, 0.4) is 0 Å². The summed E-state index contributed by atoms with van der Waals surface area (Å²) in [4.78, 5) is 8.94. The van der Waals surface area contributed by atoms with Gasteiger partial charge in [0, 0.05) is 12.0 Å². The molecule has 0 saturated carbocycles. The van der Waals surface area contributed by atoms with Crippen LogP contribution in [0.25, 0.3) is 0 Å². The minimum Gasteiger partial charge on any atom is -0.493 e. The summed E-state index contributed by atoms with van der Waals surface area (Å²) >= 11 is 0. The van der Waals surface area contributed by atoms with Crippen LogP contribution in [0.1, 0.15) is 44.9 Å². The summed E-state index contributed by atoms with van der Waals surface area (Å²) in [6.45, 7) is 10.1. The SMILES string of the molecule is CCNC(=NCc1ccc(OCCO)c(OC)c1)NCc1ncc(C(C)(C)C)o1. The summed E-state index contributed by atoms with van der Waals surface area (Å²) in [6, 6.07) is 5.62. The van der Waals surface area contributed by atoms with Crippen LogP contribution in [0.2, 0.25) is 0 Å². The molecule has 0 radical (unpaired) electrons. The summed E-state index contributed by atoms with van der Waals surface area (Å²) in [5.41, 5.74) is 0.900. The van der Waals surface area contributed by atoms with Gasteiger partial charge in [-0.3, -0.25) is 0 Å². The van der Waals surface area contributed by atoms with E-state index in [1.165, 1.54) is 0 Å². The molecule has 0 unspecified atom stereocenters. The van der Waals surface area contributed by atoms with Crippen molar-refractivity contribution in [2.75, 3.05) is 26.9 Å². The second-order valence-electron chi connectivity index (χ2n) is 7.47. The van der Waals surface area contributed by atoms with Crippen LogP contribution in [-0.4, -0.2) is 42.9 Å². The Morgan fingerprint density at radius 3 is 2.66 bits per heavy atom. The molecular weight excluding hydrogens is 372 g/mol. The van der Waals surface area contributed by atoms with Gasteiger partial charge in [0.2, 0.25) is 5.89 Å². The molecule has 0 spiro atoms. The van der Waals surface area contributed by atoms with E-state index in [2.05, 4.69) is 41.4 Å². The summed E-state index contributed by atoms with van der Waals surface area (Å²) in [5, 5.41) is 15.4. The Hall–Kier alpha value is -2.74. The van der Waals surface area contributed by atoms with Gasteiger partial charge in [0.25, 0.3) is 0 Å². The average Bonchev–Trinajstić information content (AvgIpc) is 3.18. The Bertz CT molecular complexity index is 796. The van der Waals surface area contributed by atoms with E-state index in [0.29, 0.717) is 36.4 Å². The lowest BCUT2D eigenvalue weighted by Crippen LogP contribution is -2.36. The molecule has 0 bridgehead atoms. The van der Waals surface area contributed by atoms with Crippen LogP contribution >= 0.6 is 0 Å². The van der Waals surface area contributed by atoms with Crippen molar-refractivity contribution in [2.45, 2.75) is 46.2 Å². The fourth-order valence-electron chi connectivity index (χ4n) is 2.50. The van der Waals surface area contributed by atoms with Crippen molar-refractivity contribution in [1.29, 1.82) is 0 Å². The van der Waals surface area contributed by atoms with Gasteiger partial charge >= 0.3 is 0 Å². The third-order valence-corrected chi connectivity index (χ3v) is 4.04. The maximum absolute atomic E-state index is 8.91. The van der Waals surface area contributed by atoms with E-state index in [-0.39, 0.29) is 18.6 Å². The third-order valence-electron chi connectivity index (χ3n) is 4.04. The molecule has 3 N–H and O–H groups in total. The fraction of sp³-hybridized carbons (Fsp3) is 0.524. The second-order valence-corrected chi connectivity index (χ2v) is 7.47. The van der Waals surface area contributed by atoms with Crippen LogP contribution in [0.15, 0.2) is 33.8 Å². The second kappa shape index (κ2) is 10.7. The molecule has 160 valence electrons. The molecule has 0 aliphatic heterocycles. The zero-order valence-electron chi connectivity index (χ0n) is 17.9. The quantitative estimate of drug-likeness (QED) is 0.436. The lowest BCUT2D eigenvalue weighted by atomic mass is 9.94. The molecule has 8 nitrogen and oxygen atoms in total. The van der Waals surface area contributed by atoms with Crippen molar-refractivity contribution >= 4 is 5.96 Å². The maximum Gasteiger partial charge on any atom is 0.213 e. The van der Waals surface area contributed by atoms with E-state index in [1.807, 2.05) is 25.1 Å². The number of nitrogens with one attached hydrogen (secondary N) is 2. The smallest absolute Gasteiger partial charge is 0.213 e. The molecule has 0 atom stereocenters. The number of aliphatic hydroxyl groups is 1. The Labute approximate surface area is 172 Å². The number of ether oxygens (including phenoxy) is 2. The van der Waals surface area contributed by atoms with Crippen molar-refractivity contribution in [1.82, 2.24) is 15.6 Å². The normalized spacial score (nSPS) is 12.0. The van der Waals surface area contributed by atoms with E-state index in [9.17, 15) is 0 Å². The molecule has 0 amide bonds. The standard InChI is InChI=1S/C21H32N4O4/c1-6-22-20(25-14-19-23-13-18(29-19)21(2,3)4)24-12-15-7-8-16(28-10-9-26)17(11-15)27-5/h7-8,11,13,26H,6,9-10,12,14H2,1-5H3,(H2,22,24,25). The van der Waals surface area contributed by atoms with E-state index in [0.717, 1.165) is 17.9 Å². The van der Waals surface area contributed by atoms with Crippen molar-refractivity contribution in [3.05, 3.63) is 41.6 Å². The van der Waals surface area contributed by atoms with Crippen molar-refractivity contribution < 1.29 is 19.0 Å². The van der Waals surface area contributed by atoms with E-state index in [1.54, 1.807) is 13.3 Å². The van der Waals surface area contributed by atoms with Gasteiger partial charge in [0.15, 0.2) is 17.5 Å². The first kappa shape index (κ1) is 22.5. The summed E-state index contributed by atoms with van der Waals surface area (Å²) in [5.74, 6) is 3.35. The Morgan fingerprint density at radius 2 is 2.03 bits per heavy atom. The average molecular weight is 405 g/mol. The summed E-state index contributed by atoms with van der Waals surface area (Å²) in [7, 11) is 1.59. The zero-order valence-corrected chi connectivity index (χ0v) is 17.9. The number of nitrogens with zero attached hydrogens (tertiary/aromatic N) is 2. The zero-order chi connectivity index (χ0) is 21.3. The number of hydrogen-bond acceptors (Lipinski definition) is 6. The predicted molar refractivity (Wildman–Crippen MR) is 112 cm³/mol. The first-order valence-electron chi connectivity index (χ1n) is 9.75. The van der Waals surface area contributed by atoms with Gasteiger partial charge in [-0.25, -0.2) is 9.98 Å². The monoisotopic (exact) mass is 404 g/mol. The van der Waals surface area contributed by atoms with Gasteiger partial charge in [-0.2, -0.15) is 0 Å². The number of aromatic nitrogens is 1. The van der Waals surface area contributed by atoms with Gasteiger partial charge in [-0.15, -0.1) is 0 Å². The summed E-state index contributed by atoms with van der Waals surface area (Å²) in [6.07, 6.45) is 1.77. The largest absolute Gasteiger partial charge is 0.493 e. The Kier molecular flexibility index (Phi) is 8.33. The number of guanidine groups is 1. The molecule has 0 fully saturated rings. The topological polar surface area (TPSA) is 101 Å². The molecule has 2 rings (SSSR count). The molecule has 0 aliphatic carbocycles. The van der Waals surface area contributed by atoms with Crippen LogP contribution in [0.4, 0.5) is 0 Å². The molecule has 29 heavy (non-hydrogen) atoms. The molecule has 1 heterocycles. The maximum atomic E-state index is 8.91. The number of aliphatic imine (C=N–C) groups is 1. The number of aliphatic hydroxyl groups excluding tert-OH is 1. The van der Waals surface area contributed by atoms with Gasteiger partial charge in [-0.1, -0.05) is 26.8 Å². The Balaban J connectivity index is 2.02. The molecule has 0 aliphatic rings. The highest BCUT2D eigenvalue weighted by atomic mass is 16.5. The first-order valence-corrected chi connectivity index (χ1v) is 9.75. The molecule has 1 aromatic carbocycles. The highest BCUT2D eigenvalue weighted by molar-refractivity contribution is 5.79. The van der Waals surface area contributed by atoms with E-state index < -0.39 is 0 Å². The number of methoxy groups -OCH3 is 1. The van der Waals surface area contributed by atoms with Crippen LogP contribution < -0.4 is 20.1 Å². The van der Waals surface area contributed by atoms with Gasteiger partial charge in [-0.05, 0) is 24.6 Å². The van der Waals surface area contributed by atoms with Crippen molar-refractivity contribution in [3.8, 4) is 11.5 Å². The fourth-order valence-corrected chi connectivity index (χ4v) is 2.50. The van der Waals surface area contributed by atoms with Gasteiger partial charge in [0.05, 0.1) is 33.0 Å². The minimum atomic E-state index is -0.0735. The van der Waals surface area contributed by atoms with Crippen LogP contribution in [0.5, 0.6) is 11.5 Å². The van der Waals surface area contributed by atoms with E-state index in [4.69, 9.17) is 19.0 Å². The Morgan fingerprint density at radius 1 is 1.24 bits per heavy atom. The number of hydrogen-bond donors (Lipinski definition) is 3. The predicted octanol–water partition coefficient (Wildman–Crippen LogP) is 2.61. The van der Waals surface area contributed by atoms with Crippen molar-refractivity contribution in [2.24, 2.45) is 4.99 Å². The number of oxazole rings is 1. The minimum absolute atomic E-state index is 0.0469. The van der Waals surface area contributed by atoms with Crippen LogP contribution in [-0.2, 0) is 18.5 Å². The van der Waals surface area contributed by atoms with Crippen molar-refractivity contribution in [3.63, 3.8) is 0 Å². The summed E-state index contributed by atoms with van der Waals surface area (Å²) < 4.78 is 16.6. The third kappa shape index (κ3) is 6.98. The highest BCUT2D eigenvalue weighted by Crippen LogP contribution is 2.28. The van der Waals surface area contributed by atoms with Gasteiger partial charge < -0.3 is 29.6 Å². The molecular formula is C21H32N4O4. The highest BCUT2D eigenvalue weighted by Gasteiger charge is 2.19. The molecule has 0 saturated heterocycles. The molecule has 1 aromatic heterocycles.